The molecule has 4 N–H and O–H groups in total. The van der Waals surface area contributed by atoms with Crippen molar-refractivity contribution in [1.82, 2.24) is 35.1 Å². The quantitative estimate of drug-likeness (QED) is 0.198. The summed E-state index contributed by atoms with van der Waals surface area (Å²) in [5.41, 5.74) is 7.64. The summed E-state index contributed by atoms with van der Waals surface area (Å²) in [6.45, 7) is 1.52. The van der Waals surface area contributed by atoms with Crippen molar-refractivity contribution in [2.75, 3.05) is 5.32 Å². The average Bonchev–Trinajstić information content (AvgIpc) is 3.78. The van der Waals surface area contributed by atoms with Gasteiger partial charge < -0.3 is 15.3 Å². The number of aromatic nitrogens is 7. The first-order valence-corrected chi connectivity index (χ1v) is 13.3. The Hall–Kier alpha value is -5.12. The number of hydrogen-bond donors (Lipinski definition) is 4. The smallest absolute Gasteiger partial charge is 0.227 e. The zero-order chi connectivity index (χ0) is 27.2. The lowest BCUT2D eigenvalue weighted by Crippen LogP contribution is -2.20. The highest BCUT2D eigenvalue weighted by Gasteiger charge is 2.23. The summed E-state index contributed by atoms with van der Waals surface area (Å²) in [5.74, 6) is 0.715. The van der Waals surface area contributed by atoms with Crippen LogP contribution < -0.4 is 5.32 Å². The van der Waals surface area contributed by atoms with Gasteiger partial charge in [0.15, 0.2) is 11.6 Å². The number of pyridine rings is 2. The summed E-state index contributed by atoms with van der Waals surface area (Å²) in [7, 11) is 0. The molecule has 0 unspecified atom stereocenters. The number of carbonyl (C=O) groups excluding carboxylic acids is 2. The number of rotatable bonds is 6. The lowest BCUT2D eigenvalue weighted by molar-refractivity contribution is -0.119. The number of imidazole rings is 1. The highest BCUT2D eigenvalue weighted by molar-refractivity contribution is 5.99. The molecule has 6 aromatic rings. The maximum atomic E-state index is 12.6. The Kier molecular flexibility index (Phi) is 5.73. The number of nitrogens with one attached hydrogen (secondary N) is 4. The summed E-state index contributed by atoms with van der Waals surface area (Å²) in [6.07, 6.45) is 11.0. The Labute approximate surface area is 228 Å². The van der Waals surface area contributed by atoms with E-state index >= 15 is 0 Å². The first kappa shape index (κ1) is 24.0. The van der Waals surface area contributed by atoms with Gasteiger partial charge in [0, 0.05) is 47.4 Å². The Morgan fingerprint density at radius 1 is 0.900 bits per heavy atom. The molecule has 10 nitrogen and oxygen atoms in total. The second-order valence-corrected chi connectivity index (χ2v) is 10.3. The van der Waals surface area contributed by atoms with E-state index in [1.54, 1.807) is 30.9 Å². The van der Waals surface area contributed by atoms with Crippen LogP contribution in [-0.2, 0) is 4.79 Å². The summed E-state index contributed by atoms with van der Waals surface area (Å²) >= 11 is 0. The van der Waals surface area contributed by atoms with E-state index in [0.717, 1.165) is 70.0 Å². The summed E-state index contributed by atoms with van der Waals surface area (Å²) < 4.78 is 0. The number of nitrogens with zero attached hydrogens (tertiary/aromatic N) is 4. The van der Waals surface area contributed by atoms with Crippen molar-refractivity contribution in [3.05, 3.63) is 66.9 Å². The Morgan fingerprint density at radius 2 is 1.75 bits per heavy atom. The van der Waals surface area contributed by atoms with Gasteiger partial charge in [-0.1, -0.05) is 18.9 Å². The summed E-state index contributed by atoms with van der Waals surface area (Å²) in [5, 5.41) is 11.6. The second kappa shape index (κ2) is 9.57. The molecule has 5 heterocycles. The molecule has 1 saturated carbocycles. The molecule has 0 atom stereocenters. The number of fused-ring (bicyclic) bond motifs is 2. The van der Waals surface area contributed by atoms with Crippen LogP contribution in [0.25, 0.3) is 55.8 Å². The van der Waals surface area contributed by atoms with Crippen molar-refractivity contribution in [2.24, 2.45) is 5.92 Å². The van der Waals surface area contributed by atoms with Gasteiger partial charge >= 0.3 is 0 Å². The average molecular weight is 531 g/mol. The van der Waals surface area contributed by atoms with Crippen molar-refractivity contribution in [2.45, 2.75) is 32.6 Å². The van der Waals surface area contributed by atoms with Gasteiger partial charge in [-0.2, -0.15) is 5.10 Å². The number of H-pyrrole nitrogens is 3. The van der Waals surface area contributed by atoms with Crippen LogP contribution in [0.4, 0.5) is 5.69 Å². The van der Waals surface area contributed by atoms with Gasteiger partial charge in [0.2, 0.25) is 5.91 Å². The fourth-order valence-electron chi connectivity index (χ4n) is 5.47. The minimum atomic E-state index is -0.0372. The van der Waals surface area contributed by atoms with Crippen molar-refractivity contribution >= 4 is 39.3 Å². The monoisotopic (exact) mass is 530 g/mol. The third-order valence-electron chi connectivity index (χ3n) is 7.60. The van der Waals surface area contributed by atoms with Crippen LogP contribution in [0.15, 0.2) is 61.2 Å². The van der Waals surface area contributed by atoms with Crippen molar-refractivity contribution < 1.29 is 9.59 Å². The predicted octanol–water partition coefficient (Wildman–Crippen LogP) is 5.89. The number of anilines is 1. The van der Waals surface area contributed by atoms with Gasteiger partial charge in [0.05, 0.1) is 34.8 Å². The zero-order valence-electron chi connectivity index (χ0n) is 21.8. The normalized spacial score (nSPS) is 13.8. The molecule has 1 aliphatic carbocycles. The Balaban J connectivity index is 1.24. The lowest BCUT2D eigenvalue weighted by Gasteiger charge is -2.11. The molecular formula is C30H26N8O2. The molecule has 7 rings (SSSR count). The summed E-state index contributed by atoms with van der Waals surface area (Å²) in [6, 6.07) is 11.6. The molecular weight excluding hydrogens is 504 g/mol. The van der Waals surface area contributed by atoms with E-state index in [0.29, 0.717) is 22.9 Å². The van der Waals surface area contributed by atoms with Crippen LogP contribution in [0, 0.1) is 5.92 Å². The molecule has 1 amide bonds. The fourth-order valence-corrected chi connectivity index (χ4v) is 5.47. The zero-order valence-corrected chi connectivity index (χ0v) is 21.8. The van der Waals surface area contributed by atoms with Gasteiger partial charge in [0.1, 0.15) is 11.2 Å². The van der Waals surface area contributed by atoms with E-state index in [2.05, 4.69) is 35.5 Å². The highest BCUT2D eigenvalue weighted by atomic mass is 16.2. The van der Waals surface area contributed by atoms with Crippen LogP contribution in [0.1, 0.15) is 43.1 Å². The van der Waals surface area contributed by atoms with Crippen LogP contribution in [0.2, 0.25) is 0 Å². The van der Waals surface area contributed by atoms with Gasteiger partial charge in [-0.15, -0.1) is 0 Å². The fraction of sp³-hybridized carbons (Fsp3) is 0.200. The molecule has 10 heteroatoms. The maximum absolute atomic E-state index is 12.6. The van der Waals surface area contributed by atoms with Gasteiger partial charge in [-0.25, -0.2) is 4.98 Å². The Morgan fingerprint density at radius 3 is 2.58 bits per heavy atom. The Bertz CT molecular complexity index is 1910. The van der Waals surface area contributed by atoms with Crippen LogP contribution in [0.5, 0.6) is 0 Å². The molecule has 0 radical (unpaired) electrons. The second-order valence-electron chi connectivity index (χ2n) is 10.3. The van der Waals surface area contributed by atoms with E-state index in [4.69, 9.17) is 4.98 Å². The van der Waals surface area contributed by atoms with E-state index < -0.39 is 0 Å². The van der Waals surface area contributed by atoms with Crippen LogP contribution in [-0.4, -0.2) is 46.8 Å². The molecule has 1 aliphatic rings. The summed E-state index contributed by atoms with van der Waals surface area (Å²) in [4.78, 5) is 44.6. The van der Waals surface area contributed by atoms with Gasteiger partial charge in [-0.05, 0) is 48.7 Å². The SMILES string of the molecule is CC(=O)c1ccc(-c2cncc3[nH]c(-c4n[nH]c5ccc(-c6cncc(NC(=O)C7CCCC7)c6)cc45)nc23)[nH]1. The first-order chi connectivity index (χ1) is 19.5. The minimum Gasteiger partial charge on any atom is -0.352 e. The molecule has 0 aliphatic heterocycles. The molecule has 0 saturated heterocycles. The van der Waals surface area contributed by atoms with E-state index in [9.17, 15) is 9.59 Å². The molecule has 198 valence electrons. The topological polar surface area (TPSA) is 145 Å². The number of benzene rings is 1. The predicted molar refractivity (Wildman–Crippen MR) is 153 cm³/mol. The molecule has 40 heavy (non-hydrogen) atoms. The van der Waals surface area contributed by atoms with Crippen molar-refractivity contribution in [1.29, 1.82) is 0 Å². The lowest BCUT2D eigenvalue weighted by atomic mass is 10.0. The molecule has 5 aromatic heterocycles. The highest BCUT2D eigenvalue weighted by Crippen LogP contribution is 2.33. The first-order valence-electron chi connectivity index (χ1n) is 13.3. The largest absolute Gasteiger partial charge is 0.352 e. The maximum Gasteiger partial charge on any atom is 0.227 e. The van der Waals surface area contributed by atoms with Gasteiger partial charge in [0.25, 0.3) is 0 Å². The van der Waals surface area contributed by atoms with Crippen molar-refractivity contribution in [3.63, 3.8) is 0 Å². The molecule has 0 spiro atoms. The van der Waals surface area contributed by atoms with E-state index in [1.807, 2.05) is 30.3 Å². The third-order valence-corrected chi connectivity index (χ3v) is 7.60. The molecule has 1 fully saturated rings. The van der Waals surface area contributed by atoms with Crippen molar-refractivity contribution in [3.8, 4) is 33.9 Å². The standard InChI is InChI=1S/C30H26N8O2/c1-16(39)23-8-9-24(34-23)22-14-32-15-26-27(22)36-29(35-26)28-21-11-18(6-7-25(21)37-38-28)19-10-20(13-31-12-19)33-30(40)17-4-2-3-5-17/h6-15,17,34H,2-5H2,1H3,(H,33,40)(H,35,36)(H,37,38). The van der Waals surface area contributed by atoms with Crippen LogP contribution in [0.3, 0.4) is 0 Å². The van der Waals surface area contributed by atoms with E-state index in [-0.39, 0.29) is 17.6 Å². The number of aromatic amines is 3. The molecule has 0 bridgehead atoms. The van der Waals surface area contributed by atoms with E-state index in [1.165, 1.54) is 6.92 Å². The number of hydrogen-bond acceptors (Lipinski definition) is 6. The minimum absolute atomic E-state index is 0.0372. The number of amides is 1. The van der Waals surface area contributed by atoms with Gasteiger partial charge in [-0.3, -0.25) is 24.7 Å². The third kappa shape index (κ3) is 4.23. The molecule has 1 aromatic carbocycles. The number of ketones is 1. The number of carbonyl (C=O) groups is 2. The number of Topliss-reactive ketones (excluding diaryl/α,β-unsaturated/α-hetero) is 1. The van der Waals surface area contributed by atoms with Crippen LogP contribution >= 0.6 is 0 Å².